The van der Waals surface area contributed by atoms with Gasteiger partial charge in [-0.15, -0.1) is 23.1 Å². The Balaban J connectivity index is 1.36. The van der Waals surface area contributed by atoms with Crippen LogP contribution in [0.3, 0.4) is 0 Å². The van der Waals surface area contributed by atoms with Crippen molar-refractivity contribution in [2.75, 3.05) is 28.7 Å². The smallest absolute Gasteiger partial charge is 0.350 e. The van der Waals surface area contributed by atoms with Crippen molar-refractivity contribution >= 4 is 92.7 Å². The summed E-state index contributed by atoms with van der Waals surface area (Å²) in [5, 5.41) is 29.6. The van der Waals surface area contributed by atoms with Crippen molar-refractivity contribution in [2.24, 2.45) is 5.16 Å². The van der Waals surface area contributed by atoms with E-state index in [0.29, 0.717) is 21.4 Å². The lowest BCUT2D eigenvalue weighted by atomic mass is 10.0. The number of carboxylic acids is 2. The van der Waals surface area contributed by atoms with Crippen molar-refractivity contribution in [2.45, 2.75) is 36.0 Å². The molecule has 16 nitrogen and oxygen atoms in total. The number of aliphatic carboxylic acids is 2. The third-order valence-electron chi connectivity index (χ3n) is 6.82. The number of hydrogen-bond acceptors (Lipinski definition) is 15. The third-order valence-corrected chi connectivity index (χ3v) is 10.1. The largest absolute Gasteiger partial charge is 0.543 e. The molecular formula is C27H26ClN9O7S3. The van der Waals surface area contributed by atoms with E-state index in [1.807, 2.05) is 0 Å². The molecule has 0 radical (unpaired) electrons. The van der Waals surface area contributed by atoms with Crippen molar-refractivity contribution in [3.8, 4) is 5.69 Å². The highest BCUT2D eigenvalue weighted by Gasteiger charge is 2.53. The molecule has 47 heavy (non-hydrogen) atoms. The molecule has 20 heteroatoms. The molecule has 0 aliphatic carbocycles. The van der Waals surface area contributed by atoms with E-state index >= 15 is 0 Å². The first-order valence-corrected chi connectivity index (χ1v) is 16.7. The number of benzene rings is 1. The molecule has 1 aromatic carbocycles. The number of nitrogens with two attached hydrogens (primary N) is 3. The molecule has 2 amide bonds. The number of carbonyl (C=O) groups is 4. The van der Waals surface area contributed by atoms with Crippen LogP contribution in [-0.4, -0.2) is 78.0 Å². The molecule has 0 bridgehead atoms. The highest BCUT2D eigenvalue weighted by Crippen LogP contribution is 2.41. The van der Waals surface area contributed by atoms with Crippen LogP contribution < -0.4 is 32.2 Å². The van der Waals surface area contributed by atoms with Gasteiger partial charge in [0, 0.05) is 21.9 Å². The Labute approximate surface area is 284 Å². The monoisotopic (exact) mass is 719 g/mol. The van der Waals surface area contributed by atoms with Gasteiger partial charge in [0.25, 0.3) is 11.8 Å². The van der Waals surface area contributed by atoms with Crippen molar-refractivity contribution in [1.29, 1.82) is 0 Å². The molecule has 1 fully saturated rings. The molecule has 2 aromatic heterocycles. The number of β-lactam (4-membered cyclic amide) rings is 1. The summed E-state index contributed by atoms with van der Waals surface area (Å²) in [4.78, 5) is 65.0. The molecule has 5 rings (SSSR count). The van der Waals surface area contributed by atoms with Crippen molar-refractivity contribution in [3.05, 3.63) is 57.7 Å². The number of halogens is 1. The number of nitrogens with zero attached hydrogens (tertiary/aromatic N) is 5. The van der Waals surface area contributed by atoms with Gasteiger partial charge in [0.2, 0.25) is 17.2 Å². The number of amides is 2. The number of anilines is 3. The second kappa shape index (κ2) is 13.3. The van der Waals surface area contributed by atoms with Gasteiger partial charge in [-0.05, 0) is 55.4 Å². The number of thiazole rings is 1. The Morgan fingerprint density at radius 1 is 1.26 bits per heavy atom. The first-order chi connectivity index (χ1) is 22.2. The van der Waals surface area contributed by atoms with Gasteiger partial charge in [-0.1, -0.05) is 21.7 Å². The Kier molecular flexibility index (Phi) is 9.53. The Bertz CT molecular complexity index is 1850. The van der Waals surface area contributed by atoms with E-state index in [2.05, 4.69) is 20.4 Å². The zero-order valence-corrected chi connectivity index (χ0v) is 27.7. The summed E-state index contributed by atoms with van der Waals surface area (Å²) in [6.07, 6.45) is 0. The van der Waals surface area contributed by atoms with E-state index in [1.54, 1.807) is 28.8 Å². The number of rotatable bonds is 11. The van der Waals surface area contributed by atoms with Gasteiger partial charge >= 0.3 is 11.1 Å². The standard InChI is InChI=1S/C27H26ClN9O7S3/c1-27(2,24(42)43)44-35-17(14-10-46-25(31)32-14)20(38)34-18-21(39)37-19(23(40)41)11(8-45-22(18)37)9-47-26-33-15(29)7-16(30)36(26)13-5-3-12(28)4-6-13/h3-7,10,18,22H,8-9H2,1-2H3,(H8,29,30,31,32,34,38,40,41,42,43)/b35-17-. The Hall–Kier alpha value is -4.59. The molecule has 0 saturated carbocycles. The lowest BCUT2D eigenvalue weighted by molar-refractivity contribution is -0.626. The second-order valence-electron chi connectivity index (χ2n) is 10.5. The minimum absolute atomic E-state index is 0.00705. The molecule has 2 unspecified atom stereocenters. The molecular weight excluding hydrogens is 694 g/mol. The van der Waals surface area contributed by atoms with Crippen LogP contribution in [0, 0.1) is 0 Å². The maximum absolute atomic E-state index is 13.3. The lowest BCUT2D eigenvalue weighted by Gasteiger charge is -2.50. The normalized spacial score (nSPS) is 18.0. The average molecular weight is 720 g/mol. The fourth-order valence-electron chi connectivity index (χ4n) is 4.41. The van der Waals surface area contributed by atoms with Gasteiger partial charge < -0.3 is 42.4 Å². The number of hydrogen-bond donors (Lipinski definition) is 5. The van der Waals surface area contributed by atoms with E-state index in [0.717, 1.165) is 28.0 Å². The van der Waals surface area contributed by atoms with Crippen LogP contribution in [0.25, 0.3) is 5.69 Å². The fraction of sp³-hybridized carbons (Fsp3) is 0.259. The maximum atomic E-state index is 13.3. The summed E-state index contributed by atoms with van der Waals surface area (Å²) in [5.41, 5.74) is 16.4. The SMILES string of the molecule is CC(C)(O/N=C(\C(=O)NC1C(=O)N2C(C(=O)[O-])=C(CSc3nc(N)cc(N)[n+]3-c3ccc(Cl)cc3)CSC12)c1csc(N)n1)C(=O)O. The van der Waals surface area contributed by atoms with Crippen LogP contribution in [0.15, 0.2) is 57.3 Å². The zero-order chi connectivity index (χ0) is 34.2. The predicted molar refractivity (Wildman–Crippen MR) is 173 cm³/mol. The van der Waals surface area contributed by atoms with Crippen LogP contribution in [0.5, 0.6) is 0 Å². The number of aromatic nitrogens is 3. The zero-order valence-electron chi connectivity index (χ0n) is 24.5. The van der Waals surface area contributed by atoms with Gasteiger partial charge in [-0.3, -0.25) is 14.5 Å². The number of thioether (sulfide) groups is 2. The number of carbonyl (C=O) groups excluding carboxylic acids is 3. The fourth-order valence-corrected chi connectivity index (χ4v) is 7.61. The molecule has 2 atom stereocenters. The van der Waals surface area contributed by atoms with Gasteiger partial charge in [-0.25, -0.2) is 9.78 Å². The Morgan fingerprint density at radius 2 is 1.96 bits per heavy atom. The lowest BCUT2D eigenvalue weighted by Crippen LogP contribution is -2.71. The summed E-state index contributed by atoms with van der Waals surface area (Å²) in [7, 11) is 0. The predicted octanol–water partition coefficient (Wildman–Crippen LogP) is -0.00510. The quantitative estimate of drug-likeness (QED) is 0.0437. The molecule has 2 aliphatic rings. The summed E-state index contributed by atoms with van der Waals surface area (Å²) < 4.78 is 1.63. The second-order valence-corrected chi connectivity index (χ2v) is 13.9. The van der Waals surface area contributed by atoms with Crippen molar-refractivity contribution in [3.63, 3.8) is 0 Å². The summed E-state index contributed by atoms with van der Waals surface area (Å²) >= 11 is 9.42. The summed E-state index contributed by atoms with van der Waals surface area (Å²) in [6, 6.07) is 7.17. The van der Waals surface area contributed by atoms with Crippen LogP contribution in [-0.2, 0) is 24.0 Å². The maximum Gasteiger partial charge on any atom is 0.350 e. The number of fused-ring (bicyclic) bond motifs is 1. The minimum atomic E-state index is -1.79. The van der Waals surface area contributed by atoms with E-state index < -0.39 is 46.5 Å². The van der Waals surface area contributed by atoms with Crippen LogP contribution >= 0.6 is 46.5 Å². The average Bonchev–Trinajstić information content (AvgIpc) is 3.44. The molecule has 1 saturated heterocycles. The van der Waals surface area contributed by atoms with Crippen LogP contribution in [0.4, 0.5) is 16.8 Å². The van der Waals surface area contributed by atoms with Gasteiger partial charge in [0.05, 0.1) is 17.7 Å². The molecule has 0 spiro atoms. The summed E-state index contributed by atoms with van der Waals surface area (Å²) in [5.74, 6) is -3.82. The van der Waals surface area contributed by atoms with Gasteiger partial charge in [0.15, 0.2) is 10.8 Å². The molecule has 4 heterocycles. The minimum Gasteiger partial charge on any atom is -0.543 e. The molecule has 2 aliphatic heterocycles. The number of carboxylic acid groups (broad SMARTS) is 2. The van der Waals surface area contributed by atoms with Crippen molar-refractivity contribution < 1.29 is 38.8 Å². The van der Waals surface area contributed by atoms with Crippen LogP contribution in [0.2, 0.25) is 5.02 Å². The number of oxime groups is 1. The van der Waals surface area contributed by atoms with E-state index in [-0.39, 0.29) is 39.7 Å². The van der Waals surface area contributed by atoms with Crippen LogP contribution in [0.1, 0.15) is 19.5 Å². The number of nitrogen functional groups attached to an aromatic ring is 3. The first-order valence-electron chi connectivity index (χ1n) is 13.4. The summed E-state index contributed by atoms with van der Waals surface area (Å²) in [6.45, 7) is 2.46. The molecule has 3 aromatic rings. The van der Waals surface area contributed by atoms with E-state index in [4.69, 9.17) is 33.6 Å². The molecule has 8 N–H and O–H groups in total. The highest BCUT2D eigenvalue weighted by atomic mass is 35.5. The van der Waals surface area contributed by atoms with E-state index in [1.165, 1.54) is 37.1 Å². The highest BCUT2D eigenvalue weighted by molar-refractivity contribution is 8.01. The van der Waals surface area contributed by atoms with Gasteiger partial charge in [-0.2, -0.15) is 4.57 Å². The number of nitrogens with one attached hydrogen (secondary N) is 1. The Morgan fingerprint density at radius 3 is 2.57 bits per heavy atom. The molecule has 246 valence electrons. The third kappa shape index (κ3) is 6.92. The topological polar surface area (TPSA) is 256 Å². The van der Waals surface area contributed by atoms with E-state index in [9.17, 15) is 29.4 Å². The van der Waals surface area contributed by atoms with Crippen molar-refractivity contribution in [1.82, 2.24) is 20.2 Å². The van der Waals surface area contributed by atoms with Gasteiger partial charge in [0.1, 0.15) is 22.8 Å². The first kappa shape index (κ1) is 33.8.